The molecule has 1 aliphatic heterocycles. The Morgan fingerprint density at radius 1 is 1.28 bits per heavy atom. The number of phenols is 1. The summed E-state index contributed by atoms with van der Waals surface area (Å²) in [6.07, 6.45) is 0.778. The first-order chi connectivity index (χ1) is 12.0. The first kappa shape index (κ1) is 17.2. The molecule has 1 aromatic carbocycles. The van der Waals surface area contributed by atoms with Gasteiger partial charge in [-0.05, 0) is 12.8 Å². The molecule has 2 aromatic rings. The van der Waals surface area contributed by atoms with Crippen molar-refractivity contribution in [2.75, 3.05) is 18.4 Å². The van der Waals surface area contributed by atoms with Crippen LogP contribution in [0.15, 0.2) is 17.6 Å². The molecule has 0 radical (unpaired) electrons. The molecule has 1 saturated heterocycles. The van der Waals surface area contributed by atoms with E-state index >= 15 is 0 Å². The molecule has 0 spiro atoms. The SMILES string of the molecule is O=C(Nc1nncs1)C1CCN(C(=O)c2c(O)cc(F)cc2F)CC1. The summed E-state index contributed by atoms with van der Waals surface area (Å²) in [5.74, 6) is -4.05. The van der Waals surface area contributed by atoms with Gasteiger partial charge in [0.05, 0.1) is 0 Å². The minimum absolute atomic E-state index is 0.209. The number of aromatic nitrogens is 2. The fourth-order valence-corrected chi connectivity index (χ4v) is 3.16. The summed E-state index contributed by atoms with van der Waals surface area (Å²) in [7, 11) is 0. The molecule has 0 bridgehead atoms. The summed E-state index contributed by atoms with van der Waals surface area (Å²) in [5, 5.41) is 20.1. The van der Waals surface area contributed by atoms with Crippen LogP contribution in [-0.2, 0) is 4.79 Å². The first-order valence-electron chi connectivity index (χ1n) is 7.50. The Hall–Kier alpha value is -2.62. The Kier molecular flexibility index (Phi) is 4.88. The largest absolute Gasteiger partial charge is 0.507 e. The molecule has 7 nitrogen and oxygen atoms in total. The van der Waals surface area contributed by atoms with Gasteiger partial charge in [0.2, 0.25) is 11.0 Å². The maximum atomic E-state index is 13.8. The number of rotatable bonds is 3. The molecule has 0 aliphatic carbocycles. The highest BCUT2D eigenvalue weighted by atomic mass is 32.1. The van der Waals surface area contributed by atoms with Crippen molar-refractivity contribution in [3.05, 3.63) is 34.8 Å². The number of halogens is 2. The molecule has 2 N–H and O–H groups in total. The number of phenolic OH excluding ortho intramolecular Hbond substituents is 1. The fraction of sp³-hybridized carbons (Fsp3) is 0.333. The van der Waals surface area contributed by atoms with Crippen LogP contribution in [-0.4, -0.2) is 45.1 Å². The summed E-state index contributed by atoms with van der Waals surface area (Å²) >= 11 is 1.20. The summed E-state index contributed by atoms with van der Waals surface area (Å²) in [6, 6.07) is 1.24. The lowest BCUT2D eigenvalue weighted by molar-refractivity contribution is -0.121. The second kappa shape index (κ2) is 7.09. The van der Waals surface area contributed by atoms with Gasteiger partial charge < -0.3 is 15.3 Å². The lowest BCUT2D eigenvalue weighted by atomic mass is 9.95. The number of nitrogens with one attached hydrogen (secondary N) is 1. The number of hydrogen-bond donors (Lipinski definition) is 2. The molecule has 0 unspecified atom stereocenters. The molecule has 25 heavy (non-hydrogen) atoms. The van der Waals surface area contributed by atoms with Crippen molar-refractivity contribution in [1.82, 2.24) is 15.1 Å². The summed E-state index contributed by atoms with van der Waals surface area (Å²) in [6.45, 7) is 0.451. The van der Waals surface area contributed by atoms with Gasteiger partial charge in [0.25, 0.3) is 5.91 Å². The molecule has 2 heterocycles. The van der Waals surface area contributed by atoms with Gasteiger partial charge in [-0.2, -0.15) is 0 Å². The van der Waals surface area contributed by atoms with Crippen LogP contribution in [0.3, 0.4) is 0 Å². The predicted molar refractivity (Wildman–Crippen MR) is 85.2 cm³/mol. The number of carbonyl (C=O) groups is 2. The molecule has 132 valence electrons. The Morgan fingerprint density at radius 2 is 2.00 bits per heavy atom. The van der Waals surface area contributed by atoms with Crippen LogP contribution < -0.4 is 5.32 Å². The molecule has 3 rings (SSSR count). The summed E-state index contributed by atoms with van der Waals surface area (Å²) < 4.78 is 26.8. The second-order valence-electron chi connectivity index (χ2n) is 5.58. The number of aromatic hydroxyl groups is 1. The highest BCUT2D eigenvalue weighted by Crippen LogP contribution is 2.26. The van der Waals surface area contributed by atoms with E-state index < -0.39 is 28.9 Å². The number of piperidine rings is 1. The summed E-state index contributed by atoms with van der Waals surface area (Å²) in [4.78, 5) is 25.9. The normalized spacial score (nSPS) is 15.2. The molecule has 1 fully saturated rings. The molecule has 1 aliphatic rings. The number of benzene rings is 1. The van der Waals surface area contributed by atoms with Crippen molar-refractivity contribution in [3.63, 3.8) is 0 Å². The monoisotopic (exact) mass is 368 g/mol. The van der Waals surface area contributed by atoms with E-state index in [1.807, 2.05) is 0 Å². The quantitative estimate of drug-likeness (QED) is 0.864. The van der Waals surface area contributed by atoms with Gasteiger partial charge in [0.15, 0.2) is 0 Å². The van der Waals surface area contributed by atoms with Gasteiger partial charge in [0.1, 0.15) is 28.5 Å². The van der Waals surface area contributed by atoms with Crippen LogP contribution in [0.2, 0.25) is 0 Å². The van der Waals surface area contributed by atoms with Crippen molar-refractivity contribution in [2.45, 2.75) is 12.8 Å². The average molecular weight is 368 g/mol. The molecule has 10 heteroatoms. The van der Waals surface area contributed by atoms with Crippen LogP contribution >= 0.6 is 11.3 Å². The lowest BCUT2D eigenvalue weighted by Crippen LogP contribution is -2.41. The standard InChI is InChI=1S/C15H14F2N4O3S/c16-9-5-10(17)12(11(22)6-9)14(24)21-3-1-8(2-4-21)13(23)19-15-20-18-7-25-15/h5-8,22H,1-4H2,(H,19,20,23). The van der Waals surface area contributed by atoms with Crippen LogP contribution in [0.25, 0.3) is 0 Å². The number of carbonyl (C=O) groups excluding carboxylic acids is 2. The maximum Gasteiger partial charge on any atom is 0.260 e. The third-order valence-corrected chi connectivity index (χ3v) is 4.60. The minimum Gasteiger partial charge on any atom is -0.507 e. The number of anilines is 1. The highest BCUT2D eigenvalue weighted by Gasteiger charge is 2.30. The van der Waals surface area contributed by atoms with Crippen molar-refractivity contribution >= 4 is 28.3 Å². The third kappa shape index (κ3) is 3.73. The zero-order chi connectivity index (χ0) is 18.0. The van der Waals surface area contributed by atoms with E-state index in [1.54, 1.807) is 0 Å². The van der Waals surface area contributed by atoms with Gasteiger partial charge in [0, 0.05) is 31.1 Å². The van der Waals surface area contributed by atoms with E-state index in [2.05, 4.69) is 15.5 Å². The molecular formula is C15H14F2N4O3S. The maximum absolute atomic E-state index is 13.8. The predicted octanol–water partition coefficient (Wildman–Crippen LogP) is 2.01. The molecular weight excluding hydrogens is 354 g/mol. The van der Waals surface area contributed by atoms with E-state index in [-0.39, 0.29) is 24.9 Å². The molecule has 0 atom stereocenters. The Morgan fingerprint density at radius 3 is 2.60 bits per heavy atom. The number of amides is 2. The van der Waals surface area contributed by atoms with Crippen LogP contribution in [0, 0.1) is 17.6 Å². The smallest absolute Gasteiger partial charge is 0.260 e. The molecule has 0 saturated carbocycles. The van der Waals surface area contributed by atoms with Gasteiger partial charge in [-0.3, -0.25) is 9.59 Å². The molecule has 2 amide bonds. The average Bonchev–Trinajstić information content (AvgIpc) is 3.07. The summed E-state index contributed by atoms with van der Waals surface area (Å²) in [5.41, 5.74) is 0.943. The lowest BCUT2D eigenvalue weighted by Gasteiger charge is -2.31. The van der Waals surface area contributed by atoms with Gasteiger partial charge in [-0.25, -0.2) is 8.78 Å². The van der Waals surface area contributed by atoms with E-state index in [0.29, 0.717) is 30.1 Å². The number of nitrogens with zero attached hydrogens (tertiary/aromatic N) is 3. The van der Waals surface area contributed by atoms with Crippen molar-refractivity contribution in [2.24, 2.45) is 5.92 Å². The van der Waals surface area contributed by atoms with Gasteiger partial charge in [-0.15, -0.1) is 10.2 Å². The number of likely N-dealkylation sites (tertiary alicyclic amines) is 1. The first-order valence-corrected chi connectivity index (χ1v) is 8.38. The second-order valence-corrected chi connectivity index (χ2v) is 6.41. The van der Waals surface area contributed by atoms with Crippen LogP contribution in [0.5, 0.6) is 5.75 Å². The van der Waals surface area contributed by atoms with E-state index in [4.69, 9.17) is 0 Å². The zero-order valence-corrected chi connectivity index (χ0v) is 13.7. The van der Waals surface area contributed by atoms with E-state index in [9.17, 15) is 23.5 Å². The van der Waals surface area contributed by atoms with Crippen molar-refractivity contribution in [1.29, 1.82) is 0 Å². The molecule has 1 aromatic heterocycles. The van der Waals surface area contributed by atoms with Crippen LogP contribution in [0.4, 0.5) is 13.9 Å². The van der Waals surface area contributed by atoms with Crippen molar-refractivity contribution < 1.29 is 23.5 Å². The Bertz CT molecular complexity index is 769. The Balaban J connectivity index is 1.62. The number of hydrogen-bond acceptors (Lipinski definition) is 6. The minimum atomic E-state index is -1.11. The highest BCUT2D eigenvalue weighted by molar-refractivity contribution is 7.13. The topological polar surface area (TPSA) is 95.4 Å². The Labute approximate surface area is 145 Å². The van der Waals surface area contributed by atoms with E-state index in [0.717, 1.165) is 0 Å². The van der Waals surface area contributed by atoms with Gasteiger partial charge >= 0.3 is 0 Å². The van der Waals surface area contributed by atoms with Crippen molar-refractivity contribution in [3.8, 4) is 5.75 Å². The fourth-order valence-electron chi connectivity index (χ4n) is 2.71. The van der Waals surface area contributed by atoms with Gasteiger partial charge in [-0.1, -0.05) is 11.3 Å². The zero-order valence-electron chi connectivity index (χ0n) is 12.9. The van der Waals surface area contributed by atoms with E-state index in [1.165, 1.54) is 21.7 Å². The third-order valence-electron chi connectivity index (χ3n) is 3.99. The van der Waals surface area contributed by atoms with Crippen LogP contribution in [0.1, 0.15) is 23.2 Å².